The highest BCUT2D eigenvalue weighted by molar-refractivity contribution is 7.10. The Kier molecular flexibility index (Phi) is 3.57. The van der Waals surface area contributed by atoms with Gasteiger partial charge in [-0.1, -0.05) is 6.07 Å². The van der Waals surface area contributed by atoms with Crippen molar-refractivity contribution in [2.75, 3.05) is 0 Å². The lowest BCUT2D eigenvalue weighted by Gasteiger charge is -1.93. The molecule has 21 heavy (non-hydrogen) atoms. The van der Waals surface area contributed by atoms with Crippen molar-refractivity contribution in [3.8, 4) is 11.5 Å². The summed E-state index contributed by atoms with van der Waals surface area (Å²) in [5.74, 6) is 0.715. The third kappa shape index (κ3) is 3.03. The summed E-state index contributed by atoms with van der Waals surface area (Å²) in [6.45, 7) is 0. The van der Waals surface area contributed by atoms with Gasteiger partial charge in [0.1, 0.15) is 0 Å². The van der Waals surface area contributed by atoms with Gasteiger partial charge in [0.15, 0.2) is 0 Å². The van der Waals surface area contributed by atoms with Crippen molar-refractivity contribution in [3.05, 3.63) is 62.7 Å². The number of aromatic nitrogens is 2. The van der Waals surface area contributed by atoms with E-state index in [-0.39, 0.29) is 5.69 Å². The molecule has 0 saturated heterocycles. The molecule has 0 N–H and O–H groups in total. The molecule has 6 nitrogen and oxygen atoms in total. The molecule has 2 heterocycles. The molecule has 0 unspecified atom stereocenters. The van der Waals surface area contributed by atoms with Gasteiger partial charge in [-0.05, 0) is 29.7 Å². The smallest absolute Gasteiger partial charge is 0.269 e. The molecule has 0 aliphatic rings. The van der Waals surface area contributed by atoms with Crippen LogP contribution in [0.2, 0.25) is 0 Å². The van der Waals surface area contributed by atoms with E-state index < -0.39 is 4.92 Å². The number of hydrogen-bond acceptors (Lipinski definition) is 6. The Hall–Kier alpha value is -2.80. The van der Waals surface area contributed by atoms with Gasteiger partial charge < -0.3 is 4.42 Å². The molecule has 0 atom stereocenters. The van der Waals surface area contributed by atoms with Crippen molar-refractivity contribution in [2.24, 2.45) is 0 Å². The van der Waals surface area contributed by atoms with Crippen LogP contribution in [0.5, 0.6) is 0 Å². The van der Waals surface area contributed by atoms with E-state index in [0.717, 1.165) is 4.88 Å². The maximum absolute atomic E-state index is 10.6. The van der Waals surface area contributed by atoms with Crippen LogP contribution in [-0.4, -0.2) is 15.1 Å². The van der Waals surface area contributed by atoms with Crippen LogP contribution in [0, 0.1) is 10.1 Å². The maximum Gasteiger partial charge on any atom is 0.269 e. The standard InChI is InChI=1S/C14H9N3O3S/c18-17(19)11-5-3-10(4-6-11)14-16-15-13(20-14)8-7-12-2-1-9-21-12/h1-9H. The van der Waals surface area contributed by atoms with Gasteiger partial charge >= 0.3 is 0 Å². The molecule has 7 heteroatoms. The van der Waals surface area contributed by atoms with Gasteiger partial charge in [-0.25, -0.2) is 0 Å². The van der Waals surface area contributed by atoms with E-state index in [1.165, 1.54) is 12.1 Å². The number of nitrogens with zero attached hydrogens (tertiary/aromatic N) is 3. The summed E-state index contributed by atoms with van der Waals surface area (Å²) >= 11 is 1.61. The van der Waals surface area contributed by atoms with Crippen LogP contribution in [0.1, 0.15) is 10.8 Å². The van der Waals surface area contributed by atoms with Crippen molar-refractivity contribution in [1.29, 1.82) is 0 Å². The molecular weight excluding hydrogens is 290 g/mol. The minimum Gasteiger partial charge on any atom is -0.417 e. The van der Waals surface area contributed by atoms with Crippen molar-refractivity contribution in [3.63, 3.8) is 0 Å². The Morgan fingerprint density at radius 3 is 2.62 bits per heavy atom. The fraction of sp³-hybridized carbons (Fsp3) is 0. The third-order valence-electron chi connectivity index (χ3n) is 2.70. The third-order valence-corrected chi connectivity index (χ3v) is 3.54. The van der Waals surface area contributed by atoms with Gasteiger partial charge in [0.2, 0.25) is 11.8 Å². The van der Waals surface area contributed by atoms with Crippen LogP contribution in [0.3, 0.4) is 0 Å². The lowest BCUT2D eigenvalue weighted by atomic mass is 10.2. The number of non-ortho nitro benzene ring substituents is 1. The molecule has 3 aromatic rings. The van der Waals surface area contributed by atoms with Crippen LogP contribution >= 0.6 is 11.3 Å². The zero-order chi connectivity index (χ0) is 14.7. The first-order chi connectivity index (χ1) is 10.2. The van der Waals surface area contributed by atoms with Gasteiger partial charge in [0, 0.05) is 28.6 Å². The zero-order valence-corrected chi connectivity index (χ0v) is 11.5. The van der Waals surface area contributed by atoms with Gasteiger partial charge in [-0.3, -0.25) is 10.1 Å². The van der Waals surface area contributed by atoms with Crippen molar-refractivity contribution >= 4 is 29.2 Å². The Morgan fingerprint density at radius 1 is 1.14 bits per heavy atom. The zero-order valence-electron chi connectivity index (χ0n) is 10.7. The fourth-order valence-electron chi connectivity index (χ4n) is 1.68. The van der Waals surface area contributed by atoms with Crippen molar-refractivity contribution < 1.29 is 9.34 Å². The molecule has 3 rings (SSSR count). The van der Waals surface area contributed by atoms with Crippen molar-refractivity contribution in [2.45, 2.75) is 0 Å². The molecular formula is C14H9N3O3S. The first-order valence-electron chi connectivity index (χ1n) is 6.02. The molecule has 0 radical (unpaired) electrons. The second-order valence-corrected chi connectivity index (χ2v) is 5.08. The van der Waals surface area contributed by atoms with E-state index in [0.29, 0.717) is 17.3 Å². The summed E-state index contributed by atoms with van der Waals surface area (Å²) < 4.78 is 5.49. The summed E-state index contributed by atoms with van der Waals surface area (Å²) in [4.78, 5) is 11.2. The molecule has 104 valence electrons. The first kappa shape index (κ1) is 13.2. The largest absolute Gasteiger partial charge is 0.417 e. The molecule has 0 saturated carbocycles. The number of nitro groups is 1. The normalized spacial score (nSPS) is 11.0. The lowest BCUT2D eigenvalue weighted by molar-refractivity contribution is -0.384. The SMILES string of the molecule is O=[N+]([O-])c1ccc(-c2nnc(C=Cc3cccs3)o2)cc1. The molecule has 0 amide bonds. The van der Waals surface area contributed by atoms with E-state index in [9.17, 15) is 10.1 Å². The molecule has 0 fully saturated rings. The number of hydrogen-bond donors (Lipinski definition) is 0. The van der Waals surface area contributed by atoms with Crippen LogP contribution in [-0.2, 0) is 0 Å². The average Bonchev–Trinajstić information content (AvgIpc) is 3.17. The number of rotatable bonds is 4. The lowest BCUT2D eigenvalue weighted by Crippen LogP contribution is -1.87. The summed E-state index contributed by atoms with van der Waals surface area (Å²) in [6.07, 6.45) is 3.62. The molecule has 0 bridgehead atoms. The van der Waals surface area contributed by atoms with E-state index in [1.54, 1.807) is 29.5 Å². The summed E-state index contributed by atoms with van der Waals surface area (Å²) in [5.41, 5.74) is 0.667. The van der Waals surface area contributed by atoms with E-state index in [2.05, 4.69) is 10.2 Å². The predicted octanol–water partition coefficient (Wildman–Crippen LogP) is 3.88. The number of nitro benzene ring substituents is 1. The fourth-order valence-corrected chi connectivity index (χ4v) is 2.30. The molecule has 2 aromatic heterocycles. The number of benzene rings is 1. The summed E-state index contributed by atoms with van der Waals surface area (Å²) in [7, 11) is 0. The monoisotopic (exact) mass is 299 g/mol. The van der Waals surface area contributed by atoms with Crippen LogP contribution in [0.15, 0.2) is 46.2 Å². The van der Waals surface area contributed by atoms with Crippen LogP contribution in [0.25, 0.3) is 23.6 Å². The first-order valence-corrected chi connectivity index (χ1v) is 6.90. The highest BCUT2D eigenvalue weighted by Gasteiger charge is 2.09. The van der Waals surface area contributed by atoms with E-state index in [1.807, 2.05) is 23.6 Å². The summed E-state index contributed by atoms with van der Waals surface area (Å²) in [5, 5.41) is 20.4. The van der Waals surface area contributed by atoms with Crippen molar-refractivity contribution in [1.82, 2.24) is 10.2 Å². The molecule has 0 aliphatic carbocycles. The molecule has 0 spiro atoms. The van der Waals surface area contributed by atoms with E-state index in [4.69, 9.17) is 4.42 Å². The Labute approximate surface area is 123 Å². The highest BCUT2D eigenvalue weighted by atomic mass is 32.1. The molecule has 0 aliphatic heterocycles. The van der Waals surface area contributed by atoms with Gasteiger partial charge in [-0.2, -0.15) is 0 Å². The topological polar surface area (TPSA) is 82.1 Å². The van der Waals surface area contributed by atoms with Gasteiger partial charge in [0.05, 0.1) is 4.92 Å². The Bertz CT molecular complexity index is 776. The van der Waals surface area contributed by atoms with Crippen LogP contribution < -0.4 is 0 Å². The molecule has 1 aromatic carbocycles. The second-order valence-electron chi connectivity index (χ2n) is 4.10. The van der Waals surface area contributed by atoms with E-state index >= 15 is 0 Å². The predicted molar refractivity (Wildman–Crippen MR) is 79.6 cm³/mol. The van der Waals surface area contributed by atoms with Gasteiger partial charge in [-0.15, -0.1) is 21.5 Å². The van der Waals surface area contributed by atoms with Gasteiger partial charge in [0.25, 0.3) is 5.69 Å². The average molecular weight is 299 g/mol. The second kappa shape index (κ2) is 5.68. The Morgan fingerprint density at radius 2 is 1.95 bits per heavy atom. The maximum atomic E-state index is 10.6. The quantitative estimate of drug-likeness (QED) is 0.539. The van der Waals surface area contributed by atoms with Crippen LogP contribution in [0.4, 0.5) is 5.69 Å². The summed E-state index contributed by atoms with van der Waals surface area (Å²) in [6, 6.07) is 9.91. The Balaban J connectivity index is 1.79. The number of thiophene rings is 1. The highest BCUT2D eigenvalue weighted by Crippen LogP contribution is 2.22. The minimum atomic E-state index is -0.452. The minimum absolute atomic E-state index is 0.0241.